The second-order valence-electron chi connectivity index (χ2n) is 3.23. The largest absolute Gasteiger partial charge is 0.375 e. The van der Waals surface area contributed by atoms with E-state index in [1.165, 1.54) is 12.1 Å². The van der Waals surface area contributed by atoms with Gasteiger partial charge >= 0.3 is 0 Å². The zero-order valence-electron chi connectivity index (χ0n) is 7.09. The average molecular weight is 179 g/mol. The zero-order valence-corrected chi connectivity index (χ0v) is 7.09. The number of rotatable bonds is 1. The standard InChI is InChI=1S/C10H10FNO/c11-8-3-1-7-2-4-9(6-13)12-10(7)5-8/h1,3,5-6,9,12H,2,4H2. The minimum Gasteiger partial charge on any atom is -0.375 e. The molecule has 0 saturated carbocycles. The van der Waals surface area contributed by atoms with Crippen molar-refractivity contribution < 1.29 is 9.18 Å². The topological polar surface area (TPSA) is 29.1 Å². The van der Waals surface area contributed by atoms with Crippen LogP contribution in [0.25, 0.3) is 0 Å². The van der Waals surface area contributed by atoms with Crippen molar-refractivity contribution in [3.63, 3.8) is 0 Å². The molecule has 0 spiro atoms. The molecule has 0 amide bonds. The van der Waals surface area contributed by atoms with Crippen molar-refractivity contribution in [2.75, 3.05) is 5.32 Å². The van der Waals surface area contributed by atoms with Crippen LogP contribution in [0.5, 0.6) is 0 Å². The molecule has 0 aliphatic carbocycles. The van der Waals surface area contributed by atoms with Gasteiger partial charge in [0, 0.05) is 5.69 Å². The molecule has 68 valence electrons. The van der Waals surface area contributed by atoms with Crippen molar-refractivity contribution in [3.05, 3.63) is 29.6 Å². The highest BCUT2D eigenvalue weighted by molar-refractivity contribution is 5.67. The number of carbonyl (C=O) groups excluding carboxylic acids is 1. The summed E-state index contributed by atoms with van der Waals surface area (Å²) in [5, 5.41) is 2.98. The van der Waals surface area contributed by atoms with Crippen LogP contribution < -0.4 is 5.32 Å². The lowest BCUT2D eigenvalue weighted by Crippen LogP contribution is -2.26. The predicted octanol–water partition coefficient (Wildman–Crippen LogP) is 1.75. The van der Waals surface area contributed by atoms with Crippen molar-refractivity contribution in [2.45, 2.75) is 18.9 Å². The van der Waals surface area contributed by atoms with Gasteiger partial charge in [0.05, 0.1) is 6.04 Å². The Kier molecular flexibility index (Phi) is 2.00. The summed E-state index contributed by atoms with van der Waals surface area (Å²) in [4.78, 5) is 10.5. The van der Waals surface area contributed by atoms with E-state index in [4.69, 9.17) is 0 Å². The molecule has 0 radical (unpaired) electrons. The molecule has 1 unspecified atom stereocenters. The van der Waals surface area contributed by atoms with Crippen molar-refractivity contribution in [2.24, 2.45) is 0 Å². The van der Waals surface area contributed by atoms with Crippen LogP contribution in [0, 0.1) is 5.82 Å². The molecule has 0 fully saturated rings. The lowest BCUT2D eigenvalue weighted by molar-refractivity contribution is -0.108. The highest BCUT2D eigenvalue weighted by atomic mass is 19.1. The number of aryl methyl sites for hydroxylation is 1. The second kappa shape index (κ2) is 3.17. The van der Waals surface area contributed by atoms with Gasteiger partial charge in [-0.05, 0) is 30.5 Å². The van der Waals surface area contributed by atoms with Crippen LogP contribution in [0.2, 0.25) is 0 Å². The Balaban J connectivity index is 2.32. The molecule has 1 aliphatic heterocycles. The van der Waals surface area contributed by atoms with Gasteiger partial charge in [-0.3, -0.25) is 0 Å². The third-order valence-corrected chi connectivity index (χ3v) is 2.30. The Labute approximate surface area is 75.8 Å². The first-order valence-corrected chi connectivity index (χ1v) is 4.30. The lowest BCUT2D eigenvalue weighted by atomic mass is 9.99. The van der Waals surface area contributed by atoms with Crippen molar-refractivity contribution in [3.8, 4) is 0 Å². The van der Waals surface area contributed by atoms with E-state index in [0.29, 0.717) is 0 Å². The monoisotopic (exact) mass is 179 g/mol. The molecule has 2 nitrogen and oxygen atoms in total. The smallest absolute Gasteiger partial charge is 0.142 e. The van der Waals surface area contributed by atoms with Gasteiger partial charge in [0.15, 0.2) is 0 Å². The van der Waals surface area contributed by atoms with Gasteiger partial charge in [-0.2, -0.15) is 0 Å². The van der Waals surface area contributed by atoms with Crippen LogP contribution in [-0.4, -0.2) is 12.3 Å². The highest BCUT2D eigenvalue weighted by Crippen LogP contribution is 2.24. The summed E-state index contributed by atoms with van der Waals surface area (Å²) >= 11 is 0. The Bertz CT molecular complexity index is 338. The van der Waals surface area contributed by atoms with Gasteiger partial charge in [-0.15, -0.1) is 0 Å². The highest BCUT2D eigenvalue weighted by Gasteiger charge is 2.16. The molecular formula is C10H10FNO. The maximum atomic E-state index is 12.8. The molecule has 1 heterocycles. The SMILES string of the molecule is O=CC1CCc2ccc(F)cc2N1. The van der Waals surface area contributed by atoms with Crippen LogP contribution >= 0.6 is 0 Å². The fraction of sp³-hybridized carbons (Fsp3) is 0.300. The summed E-state index contributed by atoms with van der Waals surface area (Å²) in [7, 11) is 0. The molecule has 1 aromatic carbocycles. The van der Waals surface area contributed by atoms with Gasteiger partial charge in [-0.25, -0.2) is 4.39 Å². The van der Waals surface area contributed by atoms with E-state index in [1.807, 2.05) is 0 Å². The summed E-state index contributed by atoms with van der Waals surface area (Å²) in [6.07, 6.45) is 2.50. The third-order valence-electron chi connectivity index (χ3n) is 2.30. The summed E-state index contributed by atoms with van der Waals surface area (Å²) in [6, 6.07) is 4.49. The minimum absolute atomic E-state index is 0.158. The Hall–Kier alpha value is -1.38. The zero-order chi connectivity index (χ0) is 9.26. The number of anilines is 1. The van der Waals surface area contributed by atoms with E-state index in [2.05, 4.69) is 5.32 Å². The first-order chi connectivity index (χ1) is 6.29. The Morgan fingerprint density at radius 3 is 3.15 bits per heavy atom. The van der Waals surface area contributed by atoms with Crippen LogP contribution in [0.15, 0.2) is 18.2 Å². The number of nitrogens with one attached hydrogen (secondary N) is 1. The molecule has 1 aromatic rings. The van der Waals surface area contributed by atoms with Crippen LogP contribution in [-0.2, 0) is 11.2 Å². The number of halogens is 1. The molecule has 0 bridgehead atoms. The number of hydrogen-bond donors (Lipinski definition) is 1. The number of carbonyl (C=O) groups is 1. The van der Waals surface area contributed by atoms with Gasteiger partial charge < -0.3 is 10.1 Å². The molecule has 0 saturated heterocycles. The van der Waals surface area contributed by atoms with Gasteiger partial charge in [0.1, 0.15) is 12.1 Å². The maximum Gasteiger partial charge on any atom is 0.142 e. The molecule has 2 rings (SSSR count). The molecule has 1 atom stereocenters. The van der Waals surface area contributed by atoms with E-state index in [0.717, 1.165) is 30.4 Å². The van der Waals surface area contributed by atoms with Crippen LogP contribution in [0.1, 0.15) is 12.0 Å². The molecule has 13 heavy (non-hydrogen) atoms. The summed E-state index contributed by atoms with van der Waals surface area (Å²) in [5.41, 5.74) is 1.84. The van der Waals surface area contributed by atoms with Crippen molar-refractivity contribution >= 4 is 12.0 Å². The summed E-state index contributed by atoms with van der Waals surface area (Å²) in [6.45, 7) is 0. The number of hydrogen-bond acceptors (Lipinski definition) is 2. The average Bonchev–Trinajstić information content (AvgIpc) is 2.16. The number of fused-ring (bicyclic) bond motifs is 1. The van der Waals surface area contributed by atoms with E-state index < -0.39 is 0 Å². The molecule has 1 aliphatic rings. The lowest BCUT2D eigenvalue weighted by Gasteiger charge is -2.22. The Morgan fingerprint density at radius 1 is 1.54 bits per heavy atom. The summed E-state index contributed by atoms with van der Waals surface area (Å²) in [5.74, 6) is -0.266. The molecule has 0 aromatic heterocycles. The van der Waals surface area contributed by atoms with Crippen molar-refractivity contribution in [1.82, 2.24) is 0 Å². The van der Waals surface area contributed by atoms with E-state index in [-0.39, 0.29) is 11.9 Å². The van der Waals surface area contributed by atoms with E-state index in [1.54, 1.807) is 6.07 Å². The van der Waals surface area contributed by atoms with Gasteiger partial charge in [0.2, 0.25) is 0 Å². The van der Waals surface area contributed by atoms with Gasteiger partial charge in [0.25, 0.3) is 0 Å². The third kappa shape index (κ3) is 1.54. The fourth-order valence-electron chi connectivity index (χ4n) is 1.59. The quantitative estimate of drug-likeness (QED) is 0.665. The first kappa shape index (κ1) is 8.23. The van der Waals surface area contributed by atoms with E-state index >= 15 is 0 Å². The normalized spacial score (nSPS) is 20.2. The summed E-state index contributed by atoms with van der Waals surface area (Å²) < 4.78 is 12.8. The molecule has 3 heteroatoms. The van der Waals surface area contributed by atoms with Crippen molar-refractivity contribution in [1.29, 1.82) is 0 Å². The van der Waals surface area contributed by atoms with E-state index in [9.17, 15) is 9.18 Å². The molecule has 1 N–H and O–H groups in total. The number of aldehydes is 1. The van der Waals surface area contributed by atoms with Crippen LogP contribution in [0.4, 0.5) is 10.1 Å². The number of benzene rings is 1. The van der Waals surface area contributed by atoms with Gasteiger partial charge in [-0.1, -0.05) is 6.07 Å². The Morgan fingerprint density at radius 2 is 2.38 bits per heavy atom. The molecular weight excluding hydrogens is 169 g/mol. The predicted molar refractivity (Wildman–Crippen MR) is 48.2 cm³/mol. The minimum atomic E-state index is -0.266. The first-order valence-electron chi connectivity index (χ1n) is 4.30. The van der Waals surface area contributed by atoms with Crippen LogP contribution in [0.3, 0.4) is 0 Å². The fourth-order valence-corrected chi connectivity index (χ4v) is 1.59. The maximum absolute atomic E-state index is 12.8. The second-order valence-corrected chi connectivity index (χ2v) is 3.23.